The lowest BCUT2D eigenvalue weighted by atomic mass is 10.3. The third-order valence-corrected chi connectivity index (χ3v) is 0.780. The van der Waals surface area contributed by atoms with Crippen LogP contribution in [0.1, 0.15) is 19.8 Å². The van der Waals surface area contributed by atoms with Crippen LogP contribution in [0.3, 0.4) is 0 Å². The third-order valence-electron chi connectivity index (χ3n) is 0.780. The van der Waals surface area contributed by atoms with E-state index in [1.165, 1.54) is 12.8 Å². The molecule has 0 saturated carbocycles. The van der Waals surface area contributed by atoms with Gasteiger partial charge < -0.3 is 11.1 Å². The van der Waals surface area contributed by atoms with Crippen LogP contribution in [0.5, 0.6) is 0 Å². The molecule has 0 fully saturated rings. The van der Waals surface area contributed by atoms with Crippen LogP contribution in [0, 0.1) is 0 Å². The highest BCUT2D eigenvalue weighted by molar-refractivity contribution is 5.42. The molecule has 0 heterocycles. The van der Waals surface area contributed by atoms with Crippen molar-refractivity contribution < 1.29 is 4.79 Å². The molecule has 3 nitrogen and oxygen atoms in total. The molecular weight excluding hydrogens is 116 g/mol. The van der Waals surface area contributed by atoms with Crippen LogP contribution < -0.4 is 11.1 Å². The Morgan fingerprint density at radius 3 is 2.22 bits per heavy atom. The first-order valence-electron chi connectivity index (χ1n) is 3.13. The monoisotopic (exact) mass is 132 g/mol. The lowest BCUT2D eigenvalue weighted by Crippen LogP contribution is -2.06. The Morgan fingerprint density at radius 1 is 1.67 bits per heavy atom. The first-order chi connectivity index (χ1) is 4.33. The second-order valence-corrected chi connectivity index (χ2v) is 1.59. The second kappa shape index (κ2) is 15.7. The van der Waals surface area contributed by atoms with Gasteiger partial charge in [0.05, 0.1) is 0 Å². The highest BCUT2D eigenvalue weighted by Gasteiger charge is 1.73. The van der Waals surface area contributed by atoms with Gasteiger partial charge in [-0.3, -0.25) is 4.79 Å². The summed E-state index contributed by atoms with van der Waals surface area (Å²) in [6, 6.07) is 0. The van der Waals surface area contributed by atoms with Crippen molar-refractivity contribution in [1.82, 2.24) is 5.32 Å². The van der Waals surface area contributed by atoms with Gasteiger partial charge in [-0.15, -0.1) is 0 Å². The summed E-state index contributed by atoms with van der Waals surface area (Å²) >= 11 is 0. The Morgan fingerprint density at radius 2 is 2.11 bits per heavy atom. The van der Waals surface area contributed by atoms with Crippen molar-refractivity contribution >= 4 is 6.41 Å². The van der Waals surface area contributed by atoms with Crippen molar-refractivity contribution in [3.8, 4) is 0 Å². The molecule has 3 N–H and O–H groups in total. The lowest BCUT2D eigenvalue weighted by Gasteiger charge is -1.89. The van der Waals surface area contributed by atoms with Crippen LogP contribution >= 0.6 is 0 Å². The number of hydrogen-bond acceptors (Lipinski definition) is 2. The normalized spacial score (nSPS) is 7.33. The highest BCUT2D eigenvalue weighted by atomic mass is 16.1. The van der Waals surface area contributed by atoms with Crippen LogP contribution in [0.25, 0.3) is 0 Å². The van der Waals surface area contributed by atoms with Gasteiger partial charge in [0.2, 0.25) is 6.41 Å². The minimum absolute atomic E-state index is 0.250. The number of hydrogen-bond donors (Lipinski definition) is 2. The first kappa shape index (κ1) is 11.3. The van der Waals surface area contributed by atoms with E-state index < -0.39 is 0 Å². The minimum atomic E-state index is 0.250. The Bertz CT molecular complexity index is 44.3. The van der Waals surface area contributed by atoms with Gasteiger partial charge in [0.25, 0.3) is 0 Å². The molecule has 9 heavy (non-hydrogen) atoms. The number of nitrogens with two attached hydrogens (primary N) is 1. The second-order valence-electron chi connectivity index (χ2n) is 1.59. The smallest absolute Gasteiger partial charge is 0.204 e. The molecule has 0 unspecified atom stereocenters. The molecule has 0 rings (SSSR count). The summed E-state index contributed by atoms with van der Waals surface area (Å²) in [6.07, 6.45) is 2.84. The number of carbonyl (C=O) groups is 1. The van der Waals surface area contributed by atoms with E-state index in [1.807, 2.05) is 7.05 Å². The SMILES string of the molecule is CCCCNC.NC=O. The van der Waals surface area contributed by atoms with E-state index in [2.05, 4.69) is 18.0 Å². The zero-order valence-corrected chi connectivity index (χ0v) is 6.18. The highest BCUT2D eigenvalue weighted by Crippen LogP contribution is 1.79. The molecule has 3 heteroatoms. The van der Waals surface area contributed by atoms with Gasteiger partial charge in [0.1, 0.15) is 0 Å². The Labute approximate surface area is 56.6 Å². The molecule has 1 amide bonds. The third kappa shape index (κ3) is 37.1. The van der Waals surface area contributed by atoms with E-state index in [9.17, 15) is 0 Å². The Kier molecular flexibility index (Phi) is 19.6. The Hall–Kier alpha value is -0.570. The maximum absolute atomic E-state index is 8.58. The zero-order chi connectivity index (χ0) is 7.54. The predicted molar refractivity (Wildman–Crippen MR) is 39.1 cm³/mol. The number of carbonyl (C=O) groups excluding carboxylic acids is 1. The van der Waals surface area contributed by atoms with E-state index >= 15 is 0 Å². The number of primary amides is 1. The fraction of sp³-hybridized carbons (Fsp3) is 0.833. The fourth-order valence-corrected chi connectivity index (χ4v) is 0.354. The van der Waals surface area contributed by atoms with Gasteiger partial charge in [0.15, 0.2) is 0 Å². The van der Waals surface area contributed by atoms with Gasteiger partial charge in [-0.25, -0.2) is 0 Å². The standard InChI is InChI=1S/C5H13N.CH3NO/c1-3-4-5-6-2;2-1-3/h6H,3-5H2,1-2H3;1H,(H2,2,3). The molecule has 0 saturated heterocycles. The van der Waals surface area contributed by atoms with Crippen LogP contribution in [-0.4, -0.2) is 20.0 Å². The van der Waals surface area contributed by atoms with Crippen molar-refractivity contribution in [3.63, 3.8) is 0 Å². The van der Waals surface area contributed by atoms with Gasteiger partial charge in [-0.2, -0.15) is 0 Å². The van der Waals surface area contributed by atoms with Crippen molar-refractivity contribution in [2.75, 3.05) is 13.6 Å². The summed E-state index contributed by atoms with van der Waals surface area (Å²) in [5.74, 6) is 0. The largest absolute Gasteiger partial charge is 0.372 e. The molecule has 0 aromatic carbocycles. The zero-order valence-electron chi connectivity index (χ0n) is 6.18. The van der Waals surface area contributed by atoms with Gasteiger partial charge in [-0.05, 0) is 20.0 Å². The summed E-state index contributed by atoms with van der Waals surface area (Å²) in [4.78, 5) is 8.58. The van der Waals surface area contributed by atoms with E-state index in [0.717, 1.165) is 6.54 Å². The van der Waals surface area contributed by atoms with Crippen molar-refractivity contribution in [1.29, 1.82) is 0 Å². The topological polar surface area (TPSA) is 55.1 Å². The van der Waals surface area contributed by atoms with E-state index in [0.29, 0.717) is 0 Å². The van der Waals surface area contributed by atoms with E-state index in [1.54, 1.807) is 0 Å². The van der Waals surface area contributed by atoms with Crippen molar-refractivity contribution in [2.24, 2.45) is 5.73 Å². The summed E-state index contributed by atoms with van der Waals surface area (Å²) in [5, 5.41) is 3.07. The van der Waals surface area contributed by atoms with E-state index in [-0.39, 0.29) is 6.41 Å². The molecule has 0 atom stereocenters. The number of rotatable bonds is 3. The summed E-state index contributed by atoms with van der Waals surface area (Å²) in [6.45, 7) is 3.36. The molecule has 0 radical (unpaired) electrons. The molecule has 0 spiro atoms. The van der Waals surface area contributed by atoms with Crippen LogP contribution in [0.2, 0.25) is 0 Å². The van der Waals surface area contributed by atoms with Crippen LogP contribution in [-0.2, 0) is 4.79 Å². The minimum Gasteiger partial charge on any atom is -0.372 e. The van der Waals surface area contributed by atoms with Crippen molar-refractivity contribution in [2.45, 2.75) is 19.8 Å². The Balaban J connectivity index is 0. The molecular formula is C6H16N2O. The molecule has 0 aliphatic carbocycles. The first-order valence-corrected chi connectivity index (χ1v) is 3.13. The van der Waals surface area contributed by atoms with Crippen molar-refractivity contribution in [3.05, 3.63) is 0 Å². The molecule has 0 aliphatic rings. The van der Waals surface area contributed by atoms with E-state index in [4.69, 9.17) is 4.79 Å². The molecule has 56 valence electrons. The number of unbranched alkanes of at least 4 members (excludes halogenated alkanes) is 1. The lowest BCUT2D eigenvalue weighted by molar-refractivity contribution is -0.106. The van der Waals surface area contributed by atoms with Gasteiger partial charge >= 0.3 is 0 Å². The molecule has 0 aromatic heterocycles. The maximum Gasteiger partial charge on any atom is 0.204 e. The van der Waals surface area contributed by atoms with Crippen LogP contribution in [0.4, 0.5) is 0 Å². The fourth-order valence-electron chi connectivity index (χ4n) is 0.354. The summed E-state index contributed by atoms with van der Waals surface area (Å²) in [5.41, 5.74) is 4.17. The number of amides is 1. The average molecular weight is 132 g/mol. The van der Waals surface area contributed by atoms with Gasteiger partial charge in [0, 0.05) is 0 Å². The average Bonchev–Trinajstić information content (AvgIpc) is 1.86. The molecule has 0 bridgehead atoms. The molecule has 0 aliphatic heterocycles. The summed E-state index contributed by atoms with van der Waals surface area (Å²) in [7, 11) is 1.98. The predicted octanol–water partition coefficient (Wildman–Crippen LogP) is 0.107. The quantitative estimate of drug-likeness (QED) is 0.423. The molecule has 0 aromatic rings. The number of nitrogens with one attached hydrogen (secondary N) is 1. The van der Waals surface area contributed by atoms with Gasteiger partial charge in [-0.1, -0.05) is 13.3 Å². The maximum atomic E-state index is 8.58. The summed E-state index contributed by atoms with van der Waals surface area (Å²) < 4.78 is 0. The van der Waals surface area contributed by atoms with Crippen LogP contribution in [0.15, 0.2) is 0 Å².